The number of halogens is 1. The van der Waals surface area contributed by atoms with Gasteiger partial charge >= 0.3 is 0 Å². The molecule has 0 aliphatic carbocycles. The Morgan fingerprint density at radius 1 is 1.04 bits per heavy atom. The van der Waals surface area contributed by atoms with Gasteiger partial charge in [0.15, 0.2) is 11.5 Å². The molecule has 5 heteroatoms. The average Bonchev–Trinajstić information content (AvgIpc) is 2.59. The minimum atomic E-state index is 0.498. The maximum Gasteiger partial charge on any atom is 0.167 e. The highest BCUT2D eigenvalue weighted by molar-refractivity contribution is 9.10. The first-order valence-electron chi connectivity index (χ1n) is 7.89. The van der Waals surface area contributed by atoms with E-state index in [4.69, 9.17) is 14.2 Å². The summed E-state index contributed by atoms with van der Waals surface area (Å²) < 4.78 is 17.6. The van der Waals surface area contributed by atoms with Gasteiger partial charge in [-0.15, -0.1) is 0 Å². The Balaban J connectivity index is 2.15. The van der Waals surface area contributed by atoms with Crippen molar-refractivity contribution in [3.8, 4) is 11.5 Å². The molecule has 2 aromatic rings. The predicted octanol–water partition coefficient (Wildman–Crippen LogP) is 4.08. The van der Waals surface area contributed by atoms with Crippen LogP contribution in [-0.2, 0) is 17.9 Å². The highest BCUT2D eigenvalue weighted by atomic mass is 79.9. The van der Waals surface area contributed by atoms with Gasteiger partial charge in [0, 0.05) is 30.2 Å². The third-order valence-corrected chi connectivity index (χ3v) is 4.42. The molecule has 0 fully saturated rings. The van der Waals surface area contributed by atoms with E-state index in [1.807, 2.05) is 12.1 Å². The van der Waals surface area contributed by atoms with Crippen molar-refractivity contribution >= 4 is 15.9 Å². The third kappa shape index (κ3) is 5.23. The van der Waals surface area contributed by atoms with Gasteiger partial charge in [-0.05, 0) is 24.6 Å². The fourth-order valence-electron chi connectivity index (χ4n) is 2.29. The molecular formula is C19H24BrNO3. The number of nitrogens with one attached hydrogen (secondary N) is 1. The molecule has 130 valence electrons. The molecule has 0 aliphatic rings. The normalized spacial score (nSPS) is 10.7. The van der Waals surface area contributed by atoms with Gasteiger partial charge in [0.25, 0.3) is 0 Å². The van der Waals surface area contributed by atoms with E-state index in [2.05, 4.69) is 52.4 Å². The number of hydrogen-bond acceptors (Lipinski definition) is 4. The molecule has 2 aromatic carbocycles. The van der Waals surface area contributed by atoms with Gasteiger partial charge in [-0.2, -0.15) is 0 Å². The maximum absolute atomic E-state index is 6.10. The van der Waals surface area contributed by atoms with E-state index in [1.54, 1.807) is 14.2 Å². The molecule has 0 atom stereocenters. The number of aryl methyl sites for hydroxylation is 1. The first kappa shape index (κ1) is 18.8. The van der Waals surface area contributed by atoms with Crippen molar-refractivity contribution < 1.29 is 14.2 Å². The van der Waals surface area contributed by atoms with Crippen LogP contribution in [0.15, 0.2) is 40.9 Å². The minimum absolute atomic E-state index is 0.498. The Bertz CT molecular complexity index is 644. The van der Waals surface area contributed by atoms with Gasteiger partial charge in [0.05, 0.1) is 13.7 Å². The first-order valence-corrected chi connectivity index (χ1v) is 8.68. The van der Waals surface area contributed by atoms with Gasteiger partial charge in [0.1, 0.15) is 6.61 Å². The summed E-state index contributed by atoms with van der Waals surface area (Å²) in [4.78, 5) is 0. The highest BCUT2D eigenvalue weighted by Crippen LogP contribution is 2.36. The molecule has 0 bridgehead atoms. The number of rotatable bonds is 9. The fraction of sp³-hybridized carbons (Fsp3) is 0.368. The van der Waals surface area contributed by atoms with Crippen molar-refractivity contribution in [1.82, 2.24) is 5.32 Å². The molecule has 0 spiro atoms. The molecule has 4 nitrogen and oxygen atoms in total. The Hall–Kier alpha value is -1.56. The summed E-state index contributed by atoms with van der Waals surface area (Å²) >= 11 is 3.61. The Kier molecular flexibility index (Phi) is 7.56. The summed E-state index contributed by atoms with van der Waals surface area (Å²) in [5.74, 6) is 1.49. The van der Waals surface area contributed by atoms with E-state index < -0.39 is 0 Å². The van der Waals surface area contributed by atoms with Crippen molar-refractivity contribution in [2.75, 3.05) is 27.4 Å². The topological polar surface area (TPSA) is 39.7 Å². The molecule has 0 aromatic heterocycles. The Morgan fingerprint density at radius 2 is 1.79 bits per heavy atom. The van der Waals surface area contributed by atoms with Gasteiger partial charge in [0.2, 0.25) is 0 Å². The molecule has 0 saturated carbocycles. The molecule has 0 unspecified atom stereocenters. The van der Waals surface area contributed by atoms with Crippen LogP contribution < -0.4 is 14.8 Å². The largest absolute Gasteiger partial charge is 0.493 e. The average molecular weight is 394 g/mol. The maximum atomic E-state index is 6.10. The zero-order valence-electron chi connectivity index (χ0n) is 14.4. The van der Waals surface area contributed by atoms with Crippen molar-refractivity contribution in [2.45, 2.75) is 20.1 Å². The number of benzene rings is 2. The minimum Gasteiger partial charge on any atom is -0.493 e. The van der Waals surface area contributed by atoms with Crippen LogP contribution in [0.2, 0.25) is 0 Å². The Labute approximate surface area is 152 Å². The second-order valence-corrected chi connectivity index (χ2v) is 6.36. The molecule has 1 N–H and O–H groups in total. The van der Waals surface area contributed by atoms with Crippen molar-refractivity contribution in [3.05, 3.63) is 57.6 Å². The van der Waals surface area contributed by atoms with Crippen LogP contribution in [0.25, 0.3) is 0 Å². The lowest BCUT2D eigenvalue weighted by molar-refractivity contribution is 0.199. The van der Waals surface area contributed by atoms with Gasteiger partial charge in [-0.3, -0.25) is 0 Å². The van der Waals surface area contributed by atoms with Crippen LogP contribution in [0.1, 0.15) is 16.7 Å². The summed E-state index contributed by atoms with van der Waals surface area (Å²) in [5.41, 5.74) is 3.40. The Morgan fingerprint density at radius 3 is 2.46 bits per heavy atom. The van der Waals surface area contributed by atoms with E-state index in [0.29, 0.717) is 19.8 Å². The molecule has 0 aliphatic heterocycles. The lowest BCUT2D eigenvalue weighted by Crippen LogP contribution is -2.19. The standard InChI is InChI=1S/C19H24BrNO3/c1-14-4-6-15(7-5-14)13-24-19-16(12-21-10-11-22-2)17(20)8-9-18(19)23-3/h4-9,21H,10-13H2,1-3H3. The quantitative estimate of drug-likeness (QED) is 0.651. The third-order valence-electron chi connectivity index (χ3n) is 3.68. The lowest BCUT2D eigenvalue weighted by Gasteiger charge is -2.17. The van der Waals surface area contributed by atoms with Crippen LogP contribution in [0.3, 0.4) is 0 Å². The van der Waals surface area contributed by atoms with Crippen molar-refractivity contribution in [3.63, 3.8) is 0 Å². The second-order valence-electron chi connectivity index (χ2n) is 5.50. The molecule has 24 heavy (non-hydrogen) atoms. The van der Waals surface area contributed by atoms with Crippen LogP contribution in [0.5, 0.6) is 11.5 Å². The number of methoxy groups -OCH3 is 2. The smallest absolute Gasteiger partial charge is 0.167 e. The van der Waals surface area contributed by atoms with Gasteiger partial charge in [-0.1, -0.05) is 45.8 Å². The van der Waals surface area contributed by atoms with Gasteiger partial charge < -0.3 is 19.5 Å². The highest BCUT2D eigenvalue weighted by Gasteiger charge is 2.14. The zero-order valence-corrected chi connectivity index (χ0v) is 16.0. The fourth-order valence-corrected chi connectivity index (χ4v) is 2.75. The first-order chi connectivity index (χ1) is 11.7. The molecule has 0 heterocycles. The van der Waals surface area contributed by atoms with Gasteiger partial charge in [-0.25, -0.2) is 0 Å². The van der Waals surface area contributed by atoms with Crippen LogP contribution in [0, 0.1) is 6.92 Å². The van der Waals surface area contributed by atoms with E-state index >= 15 is 0 Å². The van der Waals surface area contributed by atoms with E-state index in [0.717, 1.165) is 33.6 Å². The van der Waals surface area contributed by atoms with Crippen molar-refractivity contribution in [2.24, 2.45) is 0 Å². The lowest BCUT2D eigenvalue weighted by atomic mass is 10.1. The molecule has 2 rings (SSSR count). The summed E-state index contributed by atoms with van der Waals surface area (Å²) in [7, 11) is 3.35. The van der Waals surface area contributed by atoms with Crippen LogP contribution in [-0.4, -0.2) is 27.4 Å². The molecule has 0 amide bonds. The number of ether oxygens (including phenoxy) is 3. The summed E-state index contributed by atoms with van der Waals surface area (Å²) in [6.45, 7) is 4.69. The SMILES string of the molecule is COCCNCc1c(Br)ccc(OC)c1OCc1ccc(C)cc1. The predicted molar refractivity (Wildman–Crippen MR) is 99.8 cm³/mol. The molecular weight excluding hydrogens is 370 g/mol. The zero-order chi connectivity index (χ0) is 17.4. The second kappa shape index (κ2) is 9.67. The molecule has 0 radical (unpaired) electrons. The summed E-state index contributed by atoms with van der Waals surface area (Å²) in [5, 5.41) is 3.35. The van der Waals surface area contributed by atoms with E-state index in [-0.39, 0.29) is 0 Å². The van der Waals surface area contributed by atoms with Crippen molar-refractivity contribution in [1.29, 1.82) is 0 Å². The molecule has 0 saturated heterocycles. The van der Waals surface area contributed by atoms with E-state index in [1.165, 1.54) is 5.56 Å². The van der Waals surface area contributed by atoms with Crippen LogP contribution in [0.4, 0.5) is 0 Å². The monoisotopic (exact) mass is 393 g/mol. The summed E-state index contributed by atoms with van der Waals surface area (Å²) in [6, 6.07) is 12.2. The van der Waals surface area contributed by atoms with E-state index in [9.17, 15) is 0 Å². The summed E-state index contributed by atoms with van der Waals surface area (Å²) in [6.07, 6.45) is 0. The van der Waals surface area contributed by atoms with Crippen LogP contribution >= 0.6 is 15.9 Å². The number of hydrogen-bond donors (Lipinski definition) is 1.